The molecular formula is C58H39NO. The molecule has 0 fully saturated rings. The third-order valence-electron chi connectivity index (χ3n) is 11.7. The molecule has 0 N–H and O–H groups in total. The van der Waals surface area contributed by atoms with Crippen LogP contribution in [0.5, 0.6) is 11.5 Å². The third kappa shape index (κ3) is 6.41. The summed E-state index contributed by atoms with van der Waals surface area (Å²) in [7, 11) is 0. The van der Waals surface area contributed by atoms with Gasteiger partial charge in [-0.2, -0.15) is 0 Å². The summed E-state index contributed by atoms with van der Waals surface area (Å²) < 4.78 is 7.12. The molecular weight excluding hydrogens is 727 g/mol. The van der Waals surface area contributed by atoms with Crippen molar-refractivity contribution in [3.63, 3.8) is 0 Å². The molecule has 1 heterocycles. The molecule has 11 rings (SSSR count). The number of rotatable bonds is 7. The summed E-state index contributed by atoms with van der Waals surface area (Å²) in [5.41, 5.74) is 17.0. The first-order chi connectivity index (χ1) is 29.7. The molecule has 0 radical (unpaired) electrons. The second kappa shape index (κ2) is 15.1. The summed E-state index contributed by atoms with van der Waals surface area (Å²) in [5.74, 6) is 1.65. The van der Waals surface area contributed by atoms with Crippen LogP contribution in [0.2, 0.25) is 0 Å². The molecule has 0 saturated carbocycles. The SMILES string of the molecule is c1ccc(-c2ccc(-c3ccc(N(c4ccccc4)c4cccc5c4-c4cc6ccccc6cc4-c4c(cccc4-c4ccc(-c6ccccc6)cc4)O5)cc3)cc2)cc1. The lowest BCUT2D eigenvalue weighted by molar-refractivity contribution is 0.488. The lowest BCUT2D eigenvalue weighted by atomic mass is 9.86. The Morgan fingerprint density at radius 2 is 0.667 bits per heavy atom. The fourth-order valence-electron chi connectivity index (χ4n) is 8.73. The topological polar surface area (TPSA) is 12.5 Å². The van der Waals surface area contributed by atoms with E-state index in [0.717, 1.165) is 67.5 Å². The van der Waals surface area contributed by atoms with E-state index in [1.54, 1.807) is 0 Å². The van der Waals surface area contributed by atoms with Gasteiger partial charge in [-0.15, -0.1) is 0 Å². The Morgan fingerprint density at radius 3 is 1.22 bits per heavy atom. The minimum Gasteiger partial charge on any atom is -0.456 e. The fourth-order valence-corrected chi connectivity index (χ4v) is 8.73. The largest absolute Gasteiger partial charge is 0.456 e. The summed E-state index contributed by atoms with van der Waals surface area (Å²) in [6, 6.07) is 84.7. The zero-order valence-corrected chi connectivity index (χ0v) is 32.9. The highest BCUT2D eigenvalue weighted by atomic mass is 16.5. The Hall–Kier alpha value is -7.94. The molecule has 10 aromatic rings. The van der Waals surface area contributed by atoms with Gasteiger partial charge in [0, 0.05) is 22.5 Å². The fraction of sp³-hybridized carbons (Fsp3) is 0. The van der Waals surface area contributed by atoms with Crippen molar-refractivity contribution in [1.29, 1.82) is 0 Å². The maximum atomic E-state index is 7.12. The van der Waals surface area contributed by atoms with Crippen molar-refractivity contribution in [3.05, 3.63) is 237 Å². The van der Waals surface area contributed by atoms with Crippen LogP contribution in [-0.2, 0) is 0 Å². The molecule has 10 aromatic carbocycles. The van der Waals surface area contributed by atoms with Crippen LogP contribution in [0.3, 0.4) is 0 Å². The molecule has 0 bridgehead atoms. The Labute approximate surface area is 350 Å². The number of hydrogen-bond donors (Lipinski definition) is 0. The summed E-state index contributed by atoms with van der Waals surface area (Å²) in [4.78, 5) is 2.36. The molecule has 0 unspecified atom stereocenters. The molecule has 0 amide bonds. The van der Waals surface area contributed by atoms with Gasteiger partial charge in [0.2, 0.25) is 0 Å². The van der Waals surface area contributed by atoms with Gasteiger partial charge in [-0.05, 0) is 121 Å². The quantitative estimate of drug-likeness (QED) is 0.160. The molecule has 1 aliphatic heterocycles. The number of hydrogen-bond acceptors (Lipinski definition) is 2. The van der Waals surface area contributed by atoms with Crippen molar-refractivity contribution >= 4 is 27.8 Å². The maximum absolute atomic E-state index is 7.12. The van der Waals surface area contributed by atoms with Gasteiger partial charge >= 0.3 is 0 Å². The van der Waals surface area contributed by atoms with Crippen LogP contribution < -0.4 is 9.64 Å². The molecule has 2 nitrogen and oxygen atoms in total. The van der Waals surface area contributed by atoms with E-state index in [1.807, 2.05) is 0 Å². The number of fused-ring (bicyclic) bond motifs is 6. The Balaban J connectivity index is 1.06. The zero-order valence-electron chi connectivity index (χ0n) is 32.9. The van der Waals surface area contributed by atoms with Crippen molar-refractivity contribution in [2.45, 2.75) is 0 Å². The third-order valence-corrected chi connectivity index (χ3v) is 11.7. The lowest BCUT2D eigenvalue weighted by Crippen LogP contribution is -2.11. The molecule has 60 heavy (non-hydrogen) atoms. The summed E-state index contributed by atoms with van der Waals surface area (Å²) >= 11 is 0. The van der Waals surface area contributed by atoms with Gasteiger partial charge in [0.05, 0.1) is 5.69 Å². The smallest absolute Gasteiger partial charge is 0.137 e. The minimum absolute atomic E-state index is 0.815. The predicted octanol–water partition coefficient (Wildman–Crippen LogP) is 16.4. The number of para-hydroxylation sites is 1. The van der Waals surface area contributed by atoms with E-state index in [1.165, 1.54) is 38.6 Å². The van der Waals surface area contributed by atoms with E-state index in [0.29, 0.717) is 0 Å². The second-order valence-corrected chi connectivity index (χ2v) is 15.3. The van der Waals surface area contributed by atoms with Crippen LogP contribution in [0.1, 0.15) is 0 Å². The first-order valence-electron chi connectivity index (χ1n) is 20.5. The Morgan fingerprint density at radius 1 is 0.267 bits per heavy atom. The molecule has 0 saturated heterocycles. The summed E-state index contributed by atoms with van der Waals surface area (Å²) in [6.07, 6.45) is 0. The first-order valence-corrected chi connectivity index (χ1v) is 20.5. The Kier molecular flexibility index (Phi) is 8.87. The molecule has 0 aliphatic carbocycles. The van der Waals surface area contributed by atoms with Crippen molar-refractivity contribution in [1.82, 2.24) is 0 Å². The van der Waals surface area contributed by atoms with Gasteiger partial charge in [-0.1, -0.05) is 182 Å². The predicted molar refractivity (Wildman–Crippen MR) is 251 cm³/mol. The van der Waals surface area contributed by atoms with Crippen molar-refractivity contribution in [2.24, 2.45) is 0 Å². The second-order valence-electron chi connectivity index (χ2n) is 15.3. The average molecular weight is 766 g/mol. The van der Waals surface area contributed by atoms with Gasteiger partial charge in [0.1, 0.15) is 11.5 Å². The number of ether oxygens (including phenoxy) is 1. The number of benzene rings is 10. The van der Waals surface area contributed by atoms with E-state index in [4.69, 9.17) is 4.74 Å². The molecule has 2 heteroatoms. The van der Waals surface area contributed by atoms with Crippen LogP contribution >= 0.6 is 0 Å². The van der Waals surface area contributed by atoms with Crippen LogP contribution in [0.4, 0.5) is 17.1 Å². The first kappa shape index (κ1) is 35.2. The highest BCUT2D eigenvalue weighted by Gasteiger charge is 2.29. The van der Waals surface area contributed by atoms with E-state index in [2.05, 4.69) is 241 Å². The highest BCUT2D eigenvalue weighted by molar-refractivity contribution is 6.06. The zero-order chi connectivity index (χ0) is 39.8. The van der Waals surface area contributed by atoms with E-state index in [-0.39, 0.29) is 0 Å². The molecule has 282 valence electrons. The van der Waals surface area contributed by atoms with Gasteiger partial charge in [-0.25, -0.2) is 0 Å². The van der Waals surface area contributed by atoms with Gasteiger partial charge in [0.15, 0.2) is 0 Å². The number of nitrogens with zero attached hydrogens (tertiary/aromatic N) is 1. The molecule has 1 aliphatic rings. The van der Waals surface area contributed by atoms with Crippen LogP contribution in [0, 0.1) is 0 Å². The molecule has 0 atom stereocenters. The highest BCUT2D eigenvalue weighted by Crippen LogP contribution is 2.55. The standard InChI is InChI=1S/C58H39NO/c1-4-14-40(15-5-1)42-26-28-44(29-27-42)45-34-36-50(37-35-45)59(49-20-8-3-9-21-49)54-23-13-25-56-58(54)53-39-48-19-11-10-18-47(48)38-52(53)57-51(22-12-24-55(57)60-56)46-32-30-43(31-33-46)41-16-6-2-7-17-41/h1-39H. The minimum atomic E-state index is 0.815. The van der Waals surface area contributed by atoms with Gasteiger partial charge < -0.3 is 9.64 Å². The molecule has 0 aromatic heterocycles. The van der Waals surface area contributed by atoms with Crippen LogP contribution in [0.15, 0.2) is 237 Å². The monoisotopic (exact) mass is 765 g/mol. The van der Waals surface area contributed by atoms with Crippen molar-refractivity contribution in [2.75, 3.05) is 4.90 Å². The lowest BCUT2D eigenvalue weighted by Gasteiger charge is -2.29. The van der Waals surface area contributed by atoms with E-state index >= 15 is 0 Å². The Bertz CT molecular complexity index is 3120. The maximum Gasteiger partial charge on any atom is 0.137 e. The number of anilines is 3. The normalized spacial score (nSPS) is 11.5. The molecule has 0 spiro atoms. The van der Waals surface area contributed by atoms with Gasteiger partial charge in [0.25, 0.3) is 0 Å². The summed E-state index contributed by atoms with van der Waals surface area (Å²) in [5, 5.41) is 2.36. The average Bonchev–Trinajstić information content (AvgIpc) is 3.46. The van der Waals surface area contributed by atoms with Crippen LogP contribution in [0.25, 0.3) is 77.5 Å². The van der Waals surface area contributed by atoms with E-state index < -0.39 is 0 Å². The van der Waals surface area contributed by atoms with Crippen molar-refractivity contribution < 1.29 is 4.74 Å². The summed E-state index contributed by atoms with van der Waals surface area (Å²) in [6.45, 7) is 0. The van der Waals surface area contributed by atoms with E-state index in [9.17, 15) is 0 Å². The van der Waals surface area contributed by atoms with Crippen LogP contribution in [-0.4, -0.2) is 0 Å². The van der Waals surface area contributed by atoms with Gasteiger partial charge in [-0.3, -0.25) is 0 Å². The van der Waals surface area contributed by atoms with Crippen molar-refractivity contribution in [3.8, 4) is 78.3 Å².